The third kappa shape index (κ3) is 4.50. The Morgan fingerprint density at radius 3 is 2.69 bits per heavy atom. The number of benzene rings is 2. The highest BCUT2D eigenvalue weighted by Crippen LogP contribution is 2.27. The standard InChI is InChI=1S/C24H23ClN6O/c25-21-14-18(8-9-27-21)23-28-19-2-1-3-20(22(19)30-23)29-24(32)17-6-4-16(5-7-17)15-31-12-10-26-11-13-31/h1-9,14,26H,10-13,15H2,(H,28,30)(H,29,32). The van der Waals surface area contributed by atoms with Crippen molar-refractivity contribution in [2.75, 3.05) is 31.5 Å². The van der Waals surface area contributed by atoms with E-state index in [4.69, 9.17) is 11.6 Å². The fourth-order valence-electron chi connectivity index (χ4n) is 3.90. The molecule has 32 heavy (non-hydrogen) atoms. The number of rotatable bonds is 5. The van der Waals surface area contributed by atoms with Gasteiger partial charge in [-0.3, -0.25) is 9.69 Å². The summed E-state index contributed by atoms with van der Waals surface area (Å²) in [5, 5.41) is 6.76. The average molecular weight is 447 g/mol. The molecule has 1 aliphatic rings. The fourth-order valence-corrected chi connectivity index (χ4v) is 4.08. The van der Waals surface area contributed by atoms with E-state index in [1.54, 1.807) is 12.3 Å². The number of piperazine rings is 1. The van der Waals surface area contributed by atoms with Crippen LogP contribution in [0.1, 0.15) is 15.9 Å². The molecule has 1 saturated heterocycles. The molecule has 8 heteroatoms. The van der Waals surface area contributed by atoms with Gasteiger partial charge < -0.3 is 15.6 Å². The van der Waals surface area contributed by atoms with Gasteiger partial charge in [-0.1, -0.05) is 29.8 Å². The topological polar surface area (TPSA) is 85.9 Å². The van der Waals surface area contributed by atoms with Gasteiger partial charge >= 0.3 is 0 Å². The first kappa shape index (κ1) is 20.6. The van der Waals surface area contributed by atoms with E-state index in [-0.39, 0.29) is 5.91 Å². The van der Waals surface area contributed by atoms with Gasteiger partial charge in [-0.15, -0.1) is 0 Å². The molecule has 0 atom stereocenters. The number of halogens is 1. The Morgan fingerprint density at radius 1 is 1.09 bits per heavy atom. The third-order valence-corrected chi connectivity index (χ3v) is 5.80. The molecule has 0 radical (unpaired) electrons. The van der Waals surface area contributed by atoms with Crippen molar-refractivity contribution in [2.45, 2.75) is 6.54 Å². The molecular weight excluding hydrogens is 424 g/mol. The van der Waals surface area contributed by atoms with E-state index in [2.05, 4.69) is 30.5 Å². The van der Waals surface area contributed by atoms with Gasteiger partial charge in [-0.25, -0.2) is 9.97 Å². The Hall–Kier alpha value is -3.26. The molecule has 2 aromatic carbocycles. The lowest BCUT2D eigenvalue weighted by Gasteiger charge is -2.27. The predicted octanol–water partition coefficient (Wildman–Crippen LogP) is 3.94. The lowest BCUT2D eigenvalue weighted by Crippen LogP contribution is -2.42. The SMILES string of the molecule is O=C(Nc1cccc2[nH]c(-c3ccnc(Cl)c3)nc12)c1ccc(CN2CCNCC2)cc1. The zero-order chi connectivity index (χ0) is 21.9. The molecule has 1 fully saturated rings. The van der Waals surface area contributed by atoms with Crippen molar-refractivity contribution in [3.05, 3.63) is 77.1 Å². The van der Waals surface area contributed by atoms with Gasteiger partial charge in [0.2, 0.25) is 0 Å². The number of carbonyl (C=O) groups is 1. The zero-order valence-corrected chi connectivity index (χ0v) is 18.2. The number of anilines is 1. The van der Waals surface area contributed by atoms with Crippen LogP contribution in [0.3, 0.4) is 0 Å². The maximum absolute atomic E-state index is 12.9. The summed E-state index contributed by atoms with van der Waals surface area (Å²) in [5.74, 6) is 0.506. The van der Waals surface area contributed by atoms with Gasteiger partial charge in [0.25, 0.3) is 5.91 Å². The summed E-state index contributed by atoms with van der Waals surface area (Å²) in [6.07, 6.45) is 1.64. The highest BCUT2D eigenvalue weighted by atomic mass is 35.5. The minimum Gasteiger partial charge on any atom is -0.338 e. The second-order valence-electron chi connectivity index (χ2n) is 7.83. The highest BCUT2D eigenvalue weighted by molar-refractivity contribution is 6.29. The summed E-state index contributed by atoms with van der Waals surface area (Å²) in [4.78, 5) is 27.3. The molecule has 0 bridgehead atoms. The molecule has 1 amide bonds. The fraction of sp³-hybridized carbons (Fsp3) is 0.208. The normalized spacial score (nSPS) is 14.5. The van der Waals surface area contributed by atoms with Crippen LogP contribution in [0.15, 0.2) is 60.8 Å². The van der Waals surface area contributed by atoms with Crippen LogP contribution in [0, 0.1) is 0 Å². The Kier molecular flexibility index (Phi) is 5.85. The Labute approximate surface area is 190 Å². The van der Waals surface area contributed by atoms with Crippen LogP contribution < -0.4 is 10.6 Å². The molecule has 7 nitrogen and oxygen atoms in total. The highest BCUT2D eigenvalue weighted by Gasteiger charge is 2.14. The quantitative estimate of drug-likeness (QED) is 0.404. The minimum absolute atomic E-state index is 0.164. The van der Waals surface area contributed by atoms with Gasteiger partial charge in [0, 0.05) is 50.0 Å². The van der Waals surface area contributed by atoms with E-state index < -0.39 is 0 Å². The summed E-state index contributed by atoms with van der Waals surface area (Å²) >= 11 is 6.01. The Morgan fingerprint density at radius 2 is 1.91 bits per heavy atom. The maximum atomic E-state index is 12.9. The number of nitrogens with zero attached hydrogens (tertiary/aromatic N) is 3. The summed E-state index contributed by atoms with van der Waals surface area (Å²) in [6, 6.07) is 17.1. The number of nitrogens with one attached hydrogen (secondary N) is 3. The van der Waals surface area contributed by atoms with Crippen molar-refractivity contribution in [1.29, 1.82) is 0 Å². The number of hydrogen-bond donors (Lipinski definition) is 3. The number of hydrogen-bond acceptors (Lipinski definition) is 5. The van der Waals surface area contributed by atoms with Crippen molar-refractivity contribution in [3.8, 4) is 11.4 Å². The van der Waals surface area contributed by atoms with E-state index in [1.807, 2.05) is 48.5 Å². The minimum atomic E-state index is -0.164. The maximum Gasteiger partial charge on any atom is 0.255 e. The summed E-state index contributed by atoms with van der Waals surface area (Å²) in [6.45, 7) is 5.04. The largest absolute Gasteiger partial charge is 0.338 e. The van der Waals surface area contributed by atoms with E-state index in [0.29, 0.717) is 27.7 Å². The lowest BCUT2D eigenvalue weighted by atomic mass is 10.1. The Balaban J connectivity index is 1.33. The predicted molar refractivity (Wildman–Crippen MR) is 127 cm³/mol. The van der Waals surface area contributed by atoms with E-state index in [0.717, 1.165) is 43.8 Å². The van der Waals surface area contributed by atoms with Gasteiger partial charge in [-0.2, -0.15) is 0 Å². The number of fused-ring (bicyclic) bond motifs is 1. The average Bonchev–Trinajstić information content (AvgIpc) is 3.26. The van der Waals surface area contributed by atoms with Crippen molar-refractivity contribution in [2.24, 2.45) is 0 Å². The summed E-state index contributed by atoms with van der Waals surface area (Å²) in [7, 11) is 0. The van der Waals surface area contributed by atoms with Crippen LogP contribution in [-0.2, 0) is 6.54 Å². The van der Waals surface area contributed by atoms with Gasteiger partial charge in [0.05, 0.1) is 11.2 Å². The molecule has 3 heterocycles. The van der Waals surface area contributed by atoms with Crippen LogP contribution >= 0.6 is 11.6 Å². The molecular formula is C24H23ClN6O. The molecule has 3 N–H and O–H groups in total. The van der Waals surface area contributed by atoms with Gasteiger partial charge in [0.15, 0.2) is 0 Å². The monoisotopic (exact) mass is 446 g/mol. The van der Waals surface area contributed by atoms with E-state index in [1.165, 1.54) is 5.56 Å². The molecule has 0 saturated carbocycles. The third-order valence-electron chi connectivity index (χ3n) is 5.59. The van der Waals surface area contributed by atoms with Crippen LogP contribution in [0.5, 0.6) is 0 Å². The first-order chi connectivity index (χ1) is 15.7. The molecule has 5 rings (SSSR count). The van der Waals surface area contributed by atoms with Crippen LogP contribution in [-0.4, -0.2) is 51.9 Å². The van der Waals surface area contributed by atoms with Crippen LogP contribution in [0.2, 0.25) is 5.15 Å². The lowest BCUT2D eigenvalue weighted by molar-refractivity contribution is 0.102. The molecule has 162 valence electrons. The second-order valence-corrected chi connectivity index (χ2v) is 8.22. The second kappa shape index (κ2) is 9.08. The van der Waals surface area contributed by atoms with E-state index >= 15 is 0 Å². The first-order valence-corrected chi connectivity index (χ1v) is 11.0. The van der Waals surface area contributed by atoms with Crippen molar-refractivity contribution in [1.82, 2.24) is 25.2 Å². The summed E-state index contributed by atoms with van der Waals surface area (Å²) in [5.41, 5.74) is 4.83. The smallest absolute Gasteiger partial charge is 0.255 e. The zero-order valence-electron chi connectivity index (χ0n) is 17.4. The molecule has 2 aromatic heterocycles. The molecule has 0 aliphatic carbocycles. The number of para-hydroxylation sites is 1. The number of H-pyrrole nitrogens is 1. The van der Waals surface area contributed by atoms with Gasteiger partial charge in [0.1, 0.15) is 16.5 Å². The number of imidazole rings is 1. The van der Waals surface area contributed by atoms with Crippen LogP contribution in [0.4, 0.5) is 5.69 Å². The molecule has 0 unspecified atom stereocenters. The van der Waals surface area contributed by atoms with E-state index in [9.17, 15) is 4.79 Å². The number of pyridine rings is 1. The molecule has 4 aromatic rings. The Bertz CT molecular complexity index is 1250. The summed E-state index contributed by atoms with van der Waals surface area (Å²) < 4.78 is 0. The number of aromatic amines is 1. The number of amides is 1. The number of carbonyl (C=O) groups excluding carboxylic acids is 1. The first-order valence-electron chi connectivity index (χ1n) is 10.6. The van der Waals surface area contributed by atoms with Gasteiger partial charge in [-0.05, 0) is 42.0 Å². The molecule has 0 spiro atoms. The van der Waals surface area contributed by atoms with Crippen molar-refractivity contribution < 1.29 is 4.79 Å². The molecule has 1 aliphatic heterocycles. The number of aromatic nitrogens is 3. The van der Waals surface area contributed by atoms with Crippen LogP contribution in [0.25, 0.3) is 22.4 Å². The van der Waals surface area contributed by atoms with Crippen molar-refractivity contribution >= 4 is 34.2 Å². The van der Waals surface area contributed by atoms with Crippen molar-refractivity contribution in [3.63, 3.8) is 0 Å².